The Bertz CT molecular complexity index is 885. The standard InChI is InChI=1S/C19H11ClFNO/c20-16-4-1-3-14(9-16)6-7-15-10-17(21)12-19(11-15)23-18-5-2-8-22-13-18/h1-5,8-13H. The van der Waals surface area contributed by atoms with E-state index in [9.17, 15) is 4.39 Å². The summed E-state index contributed by atoms with van der Waals surface area (Å²) in [6, 6.07) is 15.0. The molecule has 3 aromatic rings. The molecule has 1 heterocycles. The van der Waals surface area contributed by atoms with E-state index in [0.717, 1.165) is 5.56 Å². The molecule has 3 rings (SSSR count). The van der Waals surface area contributed by atoms with Crippen molar-refractivity contribution >= 4 is 11.6 Å². The van der Waals surface area contributed by atoms with Gasteiger partial charge in [-0.05, 0) is 42.5 Å². The van der Waals surface area contributed by atoms with Crippen LogP contribution in [0, 0.1) is 17.7 Å². The second kappa shape index (κ2) is 6.95. The molecule has 0 aliphatic heterocycles. The predicted octanol–water partition coefficient (Wildman–Crippen LogP) is 5.07. The van der Waals surface area contributed by atoms with Crippen LogP contribution in [0.15, 0.2) is 67.0 Å². The highest BCUT2D eigenvalue weighted by atomic mass is 35.5. The average Bonchev–Trinajstić information content (AvgIpc) is 2.53. The quantitative estimate of drug-likeness (QED) is 0.614. The van der Waals surface area contributed by atoms with Crippen LogP contribution in [-0.4, -0.2) is 4.98 Å². The fourth-order valence-corrected chi connectivity index (χ4v) is 2.14. The topological polar surface area (TPSA) is 22.1 Å². The van der Waals surface area contributed by atoms with Crippen molar-refractivity contribution in [3.8, 4) is 23.3 Å². The van der Waals surface area contributed by atoms with Crippen LogP contribution in [0.25, 0.3) is 0 Å². The Balaban J connectivity index is 1.86. The van der Waals surface area contributed by atoms with Crippen molar-refractivity contribution in [3.05, 3.63) is 89.0 Å². The summed E-state index contributed by atoms with van der Waals surface area (Å²) in [7, 11) is 0. The second-order valence-electron chi connectivity index (χ2n) is 4.73. The first-order valence-electron chi connectivity index (χ1n) is 6.85. The van der Waals surface area contributed by atoms with Crippen molar-refractivity contribution in [2.75, 3.05) is 0 Å². The summed E-state index contributed by atoms with van der Waals surface area (Å²) in [5, 5.41) is 0.608. The van der Waals surface area contributed by atoms with E-state index in [0.29, 0.717) is 22.1 Å². The van der Waals surface area contributed by atoms with Gasteiger partial charge in [0.15, 0.2) is 0 Å². The van der Waals surface area contributed by atoms with E-state index in [2.05, 4.69) is 16.8 Å². The van der Waals surface area contributed by atoms with Crippen LogP contribution in [-0.2, 0) is 0 Å². The zero-order valence-corrected chi connectivity index (χ0v) is 12.7. The largest absolute Gasteiger partial charge is 0.456 e. The van der Waals surface area contributed by atoms with Crippen molar-refractivity contribution in [2.24, 2.45) is 0 Å². The van der Waals surface area contributed by atoms with Gasteiger partial charge in [-0.3, -0.25) is 4.98 Å². The molecule has 0 saturated heterocycles. The van der Waals surface area contributed by atoms with Crippen molar-refractivity contribution in [1.29, 1.82) is 0 Å². The molecule has 1 aromatic heterocycles. The number of ether oxygens (including phenoxy) is 1. The molecule has 0 saturated carbocycles. The van der Waals surface area contributed by atoms with Gasteiger partial charge in [0.1, 0.15) is 17.3 Å². The van der Waals surface area contributed by atoms with E-state index in [-0.39, 0.29) is 0 Å². The highest BCUT2D eigenvalue weighted by Gasteiger charge is 2.02. The Morgan fingerprint density at radius 2 is 1.78 bits per heavy atom. The molecule has 4 heteroatoms. The summed E-state index contributed by atoms with van der Waals surface area (Å²) in [4.78, 5) is 3.95. The van der Waals surface area contributed by atoms with Gasteiger partial charge >= 0.3 is 0 Å². The van der Waals surface area contributed by atoms with Gasteiger partial charge in [-0.1, -0.05) is 29.5 Å². The van der Waals surface area contributed by atoms with Crippen molar-refractivity contribution in [2.45, 2.75) is 0 Å². The third-order valence-corrected chi connectivity index (χ3v) is 3.15. The Kier molecular flexibility index (Phi) is 4.56. The zero-order valence-electron chi connectivity index (χ0n) is 12.0. The molecule has 0 spiro atoms. The number of rotatable bonds is 2. The first-order valence-corrected chi connectivity index (χ1v) is 7.23. The van der Waals surface area contributed by atoms with Gasteiger partial charge < -0.3 is 4.74 Å². The van der Waals surface area contributed by atoms with Crippen molar-refractivity contribution in [3.63, 3.8) is 0 Å². The molecule has 112 valence electrons. The molecule has 0 aliphatic rings. The van der Waals surface area contributed by atoms with E-state index >= 15 is 0 Å². The fraction of sp³-hybridized carbons (Fsp3) is 0. The molecule has 23 heavy (non-hydrogen) atoms. The molecular weight excluding hydrogens is 313 g/mol. The van der Waals surface area contributed by atoms with E-state index in [4.69, 9.17) is 16.3 Å². The Morgan fingerprint density at radius 3 is 2.57 bits per heavy atom. The summed E-state index contributed by atoms with van der Waals surface area (Å²) < 4.78 is 19.3. The SMILES string of the molecule is Fc1cc(C#Cc2cccc(Cl)c2)cc(Oc2cccnc2)c1. The van der Waals surface area contributed by atoms with Crippen LogP contribution in [0.1, 0.15) is 11.1 Å². The van der Waals surface area contributed by atoms with Crippen LogP contribution in [0.2, 0.25) is 5.02 Å². The molecule has 0 unspecified atom stereocenters. The van der Waals surface area contributed by atoms with Crippen LogP contribution < -0.4 is 4.74 Å². The molecular formula is C19H11ClFNO. The lowest BCUT2D eigenvalue weighted by atomic mass is 10.1. The Morgan fingerprint density at radius 1 is 0.913 bits per heavy atom. The molecule has 2 nitrogen and oxygen atoms in total. The van der Waals surface area contributed by atoms with Crippen LogP contribution in [0.4, 0.5) is 4.39 Å². The summed E-state index contributed by atoms with van der Waals surface area (Å²) in [6.07, 6.45) is 3.20. The first kappa shape index (κ1) is 15.1. The van der Waals surface area contributed by atoms with Crippen molar-refractivity contribution < 1.29 is 9.13 Å². The molecule has 0 aliphatic carbocycles. The van der Waals surface area contributed by atoms with Gasteiger partial charge in [0.25, 0.3) is 0 Å². The molecule has 0 amide bonds. The zero-order chi connectivity index (χ0) is 16.1. The Hall–Kier alpha value is -2.83. The number of pyridine rings is 1. The summed E-state index contributed by atoms with van der Waals surface area (Å²) in [6.45, 7) is 0. The van der Waals surface area contributed by atoms with E-state index in [1.807, 2.05) is 12.1 Å². The first-order chi connectivity index (χ1) is 11.2. The minimum absolute atomic E-state index is 0.369. The highest BCUT2D eigenvalue weighted by Crippen LogP contribution is 2.22. The monoisotopic (exact) mass is 323 g/mol. The number of hydrogen-bond acceptors (Lipinski definition) is 2. The number of halogens is 2. The highest BCUT2D eigenvalue weighted by molar-refractivity contribution is 6.30. The number of aromatic nitrogens is 1. The maximum Gasteiger partial charge on any atom is 0.145 e. The van der Waals surface area contributed by atoms with Gasteiger partial charge in [-0.15, -0.1) is 0 Å². The third-order valence-electron chi connectivity index (χ3n) is 2.92. The smallest absolute Gasteiger partial charge is 0.145 e. The van der Waals surface area contributed by atoms with E-state index < -0.39 is 5.82 Å². The maximum atomic E-state index is 13.7. The maximum absolute atomic E-state index is 13.7. The average molecular weight is 324 g/mol. The van der Waals surface area contributed by atoms with Gasteiger partial charge in [-0.2, -0.15) is 0 Å². The number of hydrogen-bond donors (Lipinski definition) is 0. The summed E-state index contributed by atoms with van der Waals surface area (Å²) in [5.41, 5.74) is 1.28. The molecule has 0 fully saturated rings. The van der Waals surface area contributed by atoms with Gasteiger partial charge in [0.05, 0.1) is 6.20 Å². The molecule has 0 radical (unpaired) electrons. The second-order valence-corrected chi connectivity index (χ2v) is 5.16. The molecule has 0 atom stereocenters. The third kappa shape index (κ3) is 4.32. The fourth-order valence-electron chi connectivity index (χ4n) is 1.95. The lowest BCUT2D eigenvalue weighted by molar-refractivity contribution is 0.474. The summed E-state index contributed by atoms with van der Waals surface area (Å²) >= 11 is 5.91. The minimum atomic E-state index is -0.415. The van der Waals surface area contributed by atoms with Gasteiger partial charge in [0, 0.05) is 28.4 Å². The number of benzene rings is 2. The Labute approximate surface area is 138 Å². The van der Waals surface area contributed by atoms with Gasteiger partial charge in [-0.25, -0.2) is 4.39 Å². The van der Waals surface area contributed by atoms with Crippen molar-refractivity contribution in [1.82, 2.24) is 4.98 Å². The van der Waals surface area contributed by atoms with Crippen LogP contribution >= 0.6 is 11.6 Å². The minimum Gasteiger partial charge on any atom is -0.456 e. The van der Waals surface area contributed by atoms with Crippen LogP contribution in [0.3, 0.4) is 0 Å². The predicted molar refractivity (Wildman–Crippen MR) is 88.1 cm³/mol. The normalized spacial score (nSPS) is 9.83. The van der Waals surface area contributed by atoms with E-state index in [1.54, 1.807) is 42.7 Å². The lowest BCUT2D eigenvalue weighted by Crippen LogP contribution is -1.88. The molecule has 2 aromatic carbocycles. The van der Waals surface area contributed by atoms with E-state index in [1.165, 1.54) is 12.1 Å². The van der Waals surface area contributed by atoms with Gasteiger partial charge in [0.2, 0.25) is 0 Å². The van der Waals surface area contributed by atoms with Crippen LogP contribution in [0.5, 0.6) is 11.5 Å². The molecule has 0 bridgehead atoms. The lowest BCUT2D eigenvalue weighted by Gasteiger charge is -2.05. The summed E-state index contributed by atoms with van der Waals surface area (Å²) in [5.74, 6) is 6.35. The number of nitrogens with zero attached hydrogens (tertiary/aromatic N) is 1. The molecule has 0 N–H and O–H groups in total.